The maximum Gasteiger partial charge on any atom is 0.231 e. The van der Waals surface area contributed by atoms with Crippen LogP contribution < -0.4 is 11.1 Å². The van der Waals surface area contributed by atoms with Gasteiger partial charge in [-0.05, 0) is 25.5 Å². The Labute approximate surface area is 160 Å². The Morgan fingerprint density at radius 3 is 3.07 bits per heavy atom. The first-order valence-electron chi connectivity index (χ1n) is 8.93. The summed E-state index contributed by atoms with van der Waals surface area (Å²) in [7, 11) is 0. The molecule has 1 aliphatic heterocycles. The fraction of sp³-hybridized carbons (Fsp3) is 0.316. The highest BCUT2D eigenvalue weighted by Crippen LogP contribution is 2.31. The van der Waals surface area contributed by atoms with Crippen molar-refractivity contribution < 1.29 is 9.59 Å². The summed E-state index contributed by atoms with van der Waals surface area (Å²) in [6, 6.07) is 8.06. The minimum Gasteiger partial charge on any atom is -0.369 e. The van der Waals surface area contributed by atoms with Gasteiger partial charge in [-0.15, -0.1) is 11.3 Å². The molecule has 0 spiro atoms. The molecule has 1 fully saturated rings. The van der Waals surface area contributed by atoms with Crippen molar-refractivity contribution in [3.63, 3.8) is 0 Å². The summed E-state index contributed by atoms with van der Waals surface area (Å²) < 4.78 is 0. The Morgan fingerprint density at radius 1 is 1.37 bits per heavy atom. The van der Waals surface area contributed by atoms with Crippen molar-refractivity contribution in [2.75, 3.05) is 25.0 Å². The van der Waals surface area contributed by atoms with Crippen LogP contribution in [0, 0.1) is 5.92 Å². The van der Waals surface area contributed by atoms with Crippen LogP contribution in [-0.2, 0) is 9.59 Å². The van der Waals surface area contributed by atoms with Crippen LogP contribution in [0.25, 0.3) is 22.2 Å². The number of aromatic nitrogens is 2. The summed E-state index contributed by atoms with van der Waals surface area (Å²) in [5, 5.41) is 6.58. The molecule has 1 aromatic carbocycles. The van der Waals surface area contributed by atoms with E-state index >= 15 is 0 Å². The summed E-state index contributed by atoms with van der Waals surface area (Å²) in [6.45, 7) is 1.55. The van der Waals surface area contributed by atoms with Gasteiger partial charge in [0.05, 0.1) is 18.2 Å². The number of nitrogens with zero attached hydrogens (tertiary/aromatic N) is 2. The molecule has 1 aliphatic rings. The Morgan fingerprint density at radius 2 is 2.22 bits per heavy atom. The predicted octanol–water partition coefficient (Wildman–Crippen LogP) is 2.43. The van der Waals surface area contributed by atoms with Crippen molar-refractivity contribution >= 4 is 39.2 Å². The average Bonchev–Trinajstić information content (AvgIpc) is 3.28. The van der Waals surface area contributed by atoms with E-state index in [0.717, 1.165) is 41.5 Å². The number of carbonyl (C=O) groups excluding carboxylic acids is 2. The second-order valence-electron chi connectivity index (χ2n) is 6.82. The van der Waals surface area contributed by atoms with E-state index in [1.54, 1.807) is 0 Å². The lowest BCUT2D eigenvalue weighted by molar-refractivity contribution is -0.124. The van der Waals surface area contributed by atoms with Gasteiger partial charge in [0.1, 0.15) is 0 Å². The number of likely N-dealkylation sites (tertiary alicyclic amines) is 1. The SMILES string of the molecule is NC(=O)CN1CCC[C@@H](C(=O)Nc2nc(-c3c[nH]c4ccccc34)cs2)C1. The molecule has 1 atom stereocenters. The van der Waals surface area contributed by atoms with Crippen molar-refractivity contribution in [2.45, 2.75) is 12.8 Å². The highest BCUT2D eigenvalue weighted by atomic mass is 32.1. The number of fused-ring (bicyclic) bond motifs is 1. The molecular weight excluding hydrogens is 362 g/mol. The van der Waals surface area contributed by atoms with E-state index in [0.29, 0.717) is 11.7 Å². The third-order valence-corrected chi connectivity index (χ3v) is 5.61. The van der Waals surface area contributed by atoms with Gasteiger partial charge in [0.2, 0.25) is 11.8 Å². The Hall–Kier alpha value is -2.71. The zero-order valence-corrected chi connectivity index (χ0v) is 15.6. The fourth-order valence-corrected chi connectivity index (χ4v) is 4.29. The number of H-pyrrole nitrogens is 1. The molecule has 0 unspecified atom stereocenters. The molecule has 8 heteroatoms. The minimum atomic E-state index is -0.362. The predicted molar refractivity (Wildman–Crippen MR) is 106 cm³/mol. The van der Waals surface area contributed by atoms with Gasteiger partial charge in [-0.25, -0.2) is 4.98 Å². The van der Waals surface area contributed by atoms with Crippen molar-refractivity contribution in [1.29, 1.82) is 0 Å². The molecule has 4 N–H and O–H groups in total. The number of amides is 2. The van der Waals surface area contributed by atoms with E-state index in [4.69, 9.17) is 5.73 Å². The van der Waals surface area contributed by atoms with Crippen LogP contribution in [0.4, 0.5) is 5.13 Å². The molecule has 0 aliphatic carbocycles. The van der Waals surface area contributed by atoms with Crippen LogP contribution in [0.5, 0.6) is 0 Å². The van der Waals surface area contributed by atoms with Gasteiger partial charge in [-0.1, -0.05) is 18.2 Å². The largest absolute Gasteiger partial charge is 0.369 e. The van der Waals surface area contributed by atoms with E-state index in [2.05, 4.69) is 15.3 Å². The van der Waals surface area contributed by atoms with Crippen LogP contribution in [0.2, 0.25) is 0 Å². The molecule has 0 saturated carbocycles. The maximum absolute atomic E-state index is 12.6. The highest BCUT2D eigenvalue weighted by molar-refractivity contribution is 7.14. The van der Waals surface area contributed by atoms with E-state index in [-0.39, 0.29) is 24.3 Å². The van der Waals surface area contributed by atoms with Gasteiger partial charge < -0.3 is 16.0 Å². The van der Waals surface area contributed by atoms with Crippen LogP contribution in [0.15, 0.2) is 35.8 Å². The highest BCUT2D eigenvalue weighted by Gasteiger charge is 2.27. The number of primary amides is 1. The normalized spacial score (nSPS) is 17.9. The number of hydrogen-bond acceptors (Lipinski definition) is 5. The third-order valence-electron chi connectivity index (χ3n) is 4.86. The number of hydrogen-bond donors (Lipinski definition) is 3. The summed E-state index contributed by atoms with van der Waals surface area (Å²) in [6.07, 6.45) is 3.62. The smallest absolute Gasteiger partial charge is 0.231 e. The number of rotatable bonds is 5. The Bertz CT molecular complexity index is 979. The summed E-state index contributed by atoms with van der Waals surface area (Å²) >= 11 is 1.42. The number of anilines is 1. The topological polar surface area (TPSA) is 104 Å². The first-order valence-corrected chi connectivity index (χ1v) is 9.81. The minimum absolute atomic E-state index is 0.0519. The molecule has 3 aromatic rings. The molecule has 0 radical (unpaired) electrons. The van der Waals surface area contributed by atoms with E-state index in [9.17, 15) is 9.59 Å². The molecule has 1 saturated heterocycles. The molecular formula is C19H21N5O2S. The van der Waals surface area contributed by atoms with Crippen LogP contribution >= 0.6 is 11.3 Å². The monoisotopic (exact) mass is 383 g/mol. The zero-order valence-electron chi connectivity index (χ0n) is 14.8. The molecule has 0 bridgehead atoms. The Kier molecular flexibility index (Phi) is 4.91. The number of thiazole rings is 1. The number of nitrogens with one attached hydrogen (secondary N) is 2. The molecule has 140 valence electrons. The second kappa shape index (κ2) is 7.50. The first-order chi connectivity index (χ1) is 13.1. The van der Waals surface area contributed by atoms with Gasteiger partial charge in [0.25, 0.3) is 0 Å². The van der Waals surface area contributed by atoms with Crippen molar-refractivity contribution in [3.8, 4) is 11.3 Å². The lowest BCUT2D eigenvalue weighted by atomic mass is 9.97. The van der Waals surface area contributed by atoms with Gasteiger partial charge in [0.15, 0.2) is 5.13 Å². The molecule has 27 heavy (non-hydrogen) atoms. The van der Waals surface area contributed by atoms with Crippen LogP contribution in [0.1, 0.15) is 12.8 Å². The number of carbonyl (C=O) groups is 2. The van der Waals surface area contributed by atoms with Crippen LogP contribution in [-0.4, -0.2) is 46.3 Å². The lowest BCUT2D eigenvalue weighted by Gasteiger charge is -2.30. The average molecular weight is 383 g/mol. The van der Waals surface area contributed by atoms with Crippen LogP contribution in [0.3, 0.4) is 0 Å². The summed E-state index contributed by atoms with van der Waals surface area (Å²) in [4.78, 5) is 33.5. The molecule has 2 aromatic heterocycles. The number of aromatic amines is 1. The molecule has 2 amide bonds. The van der Waals surface area contributed by atoms with Gasteiger partial charge in [-0.2, -0.15) is 0 Å². The lowest BCUT2D eigenvalue weighted by Crippen LogP contribution is -2.44. The fourth-order valence-electron chi connectivity index (χ4n) is 3.58. The van der Waals surface area contributed by atoms with Crippen molar-refractivity contribution in [1.82, 2.24) is 14.9 Å². The third kappa shape index (κ3) is 3.86. The molecule has 3 heterocycles. The number of para-hydroxylation sites is 1. The quantitative estimate of drug-likeness (QED) is 0.629. The molecule has 7 nitrogen and oxygen atoms in total. The molecule has 4 rings (SSSR count). The maximum atomic E-state index is 12.6. The van der Waals surface area contributed by atoms with Gasteiger partial charge in [0, 0.05) is 34.6 Å². The summed E-state index contributed by atoms with van der Waals surface area (Å²) in [5.41, 5.74) is 8.18. The second-order valence-corrected chi connectivity index (χ2v) is 7.67. The number of nitrogens with two attached hydrogens (primary N) is 1. The number of piperidine rings is 1. The van der Waals surface area contributed by atoms with E-state index in [1.807, 2.05) is 40.7 Å². The van der Waals surface area contributed by atoms with Crippen molar-refractivity contribution in [2.24, 2.45) is 11.7 Å². The van der Waals surface area contributed by atoms with E-state index < -0.39 is 0 Å². The standard InChI is InChI=1S/C19H21N5O2S/c20-17(25)10-24-7-3-4-12(9-24)18(26)23-19-22-16(11-27-19)14-8-21-15-6-2-1-5-13(14)15/h1-2,5-6,8,11-12,21H,3-4,7,9-10H2,(H2,20,25)(H,22,23,26)/t12-/m1/s1. The van der Waals surface area contributed by atoms with E-state index in [1.165, 1.54) is 11.3 Å². The first kappa shape index (κ1) is 17.7. The summed E-state index contributed by atoms with van der Waals surface area (Å²) in [5.74, 6) is -0.568. The van der Waals surface area contributed by atoms with Gasteiger partial charge in [-0.3, -0.25) is 14.5 Å². The van der Waals surface area contributed by atoms with Gasteiger partial charge >= 0.3 is 0 Å². The Balaban J connectivity index is 1.44. The number of benzene rings is 1. The zero-order chi connectivity index (χ0) is 18.8. The van der Waals surface area contributed by atoms with Crippen molar-refractivity contribution in [3.05, 3.63) is 35.8 Å².